The highest BCUT2D eigenvalue weighted by Gasteiger charge is 2.50. The predicted octanol–water partition coefficient (Wildman–Crippen LogP) is 8.20. The van der Waals surface area contributed by atoms with Crippen molar-refractivity contribution in [2.45, 2.75) is 77.1 Å². The second-order valence-electron chi connectivity index (χ2n) is 13.7. The van der Waals surface area contributed by atoms with Crippen molar-refractivity contribution < 1.29 is 28.2 Å². The van der Waals surface area contributed by atoms with Crippen LogP contribution in [0.25, 0.3) is 0 Å². The first-order chi connectivity index (χ1) is 24.7. The van der Waals surface area contributed by atoms with Crippen LogP contribution >= 0.6 is 0 Å². The molecule has 0 N–H and O–H groups in total. The fourth-order valence-corrected chi connectivity index (χ4v) is 11.0. The Bertz CT molecular complexity index is 1580. The topological polar surface area (TPSA) is 63.2 Å². The first-order valence-electron chi connectivity index (χ1n) is 17.7. The van der Waals surface area contributed by atoms with Crippen molar-refractivity contribution in [3.05, 3.63) is 157 Å². The summed E-state index contributed by atoms with van der Waals surface area (Å²) in [6.45, 7) is 13.8. The van der Waals surface area contributed by atoms with Gasteiger partial charge in [-0.1, -0.05) is 154 Å². The van der Waals surface area contributed by atoms with Crippen molar-refractivity contribution in [1.82, 2.24) is 0 Å². The Labute approximate surface area is 306 Å². The van der Waals surface area contributed by atoms with Crippen LogP contribution in [0.5, 0.6) is 0 Å². The van der Waals surface area contributed by atoms with E-state index in [9.17, 15) is 4.79 Å². The largest absolute Gasteiger partial charge is 0.456 e. The second-order valence-corrected chi connectivity index (χ2v) is 18.0. The molecule has 270 valence electrons. The van der Waals surface area contributed by atoms with Crippen LogP contribution in [0.4, 0.5) is 0 Å². The summed E-state index contributed by atoms with van der Waals surface area (Å²) in [6.07, 6.45) is 3.49. The summed E-state index contributed by atoms with van der Waals surface area (Å²) in [7, 11) is -1.07. The second kappa shape index (κ2) is 20.1. The van der Waals surface area contributed by atoms with Gasteiger partial charge in [0.1, 0.15) is 18.8 Å². The molecule has 0 radical (unpaired) electrons. The van der Waals surface area contributed by atoms with E-state index in [0.717, 1.165) is 16.7 Å². The first kappa shape index (κ1) is 39.7. The van der Waals surface area contributed by atoms with Gasteiger partial charge in [0.05, 0.1) is 19.3 Å². The number of hydrogen-bond acceptors (Lipinski definition) is 6. The average molecular weight is 707 g/mol. The lowest BCUT2D eigenvalue weighted by atomic mass is 10.0. The van der Waals surface area contributed by atoms with Crippen LogP contribution in [0.2, 0.25) is 5.04 Å². The van der Waals surface area contributed by atoms with Gasteiger partial charge in [0.15, 0.2) is 0 Å². The van der Waals surface area contributed by atoms with Gasteiger partial charge in [0, 0.05) is 20.1 Å². The van der Waals surface area contributed by atoms with E-state index in [2.05, 4.69) is 100 Å². The van der Waals surface area contributed by atoms with E-state index in [1.54, 1.807) is 13.2 Å². The summed E-state index contributed by atoms with van der Waals surface area (Å²) in [6, 6.07) is 41.1. The van der Waals surface area contributed by atoms with E-state index in [0.29, 0.717) is 32.7 Å². The smallest absolute Gasteiger partial charge is 0.332 e. The number of ether oxygens (including phenoxy) is 4. The van der Waals surface area contributed by atoms with Crippen LogP contribution in [0, 0.1) is 0 Å². The molecule has 0 saturated heterocycles. The van der Waals surface area contributed by atoms with Crippen LogP contribution in [0.15, 0.2) is 146 Å². The third-order valence-corrected chi connectivity index (χ3v) is 14.0. The molecule has 0 spiro atoms. The highest BCUT2D eigenvalue weighted by molar-refractivity contribution is 6.99. The highest BCUT2D eigenvalue weighted by Crippen LogP contribution is 2.37. The fourth-order valence-electron chi connectivity index (χ4n) is 6.40. The van der Waals surface area contributed by atoms with Crippen LogP contribution in [-0.4, -0.2) is 52.9 Å². The van der Waals surface area contributed by atoms with Gasteiger partial charge in [0.2, 0.25) is 0 Å². The number of esters is 1. The third kappa shape index (κ3) is 11.4. The SMILES string of the molecule is C=CC[C@H](OC(=O)COCc1ccccc1)/C(C)=C/[C@H](OC)[C@@H](CCO[Si](c1ccccc1)(c1ccccc1)C(C)(C)C)OCc1ccccc1. The van der Waals surface area contributed by atoms with E-state index in [1.807, 2.05) is 61.5 Å². The number of carbonyl (C=O) groups is 1. The summed E-state index contributed by atoms with van der Waals surface area (Å²) in [4.78, 5) is 12.8. The number of hydrogen-bond donors (Lipinski definition) is 0. The number of rotatable bonds is 20. The van der Waals surface area contributed by atoms with Gasteiger partial charge >= 0.3 is 5.97 Å². The summed E-state index contributed by atoms with van der Waals surface area (Å²) < 4.78 is 31.5. The molecule has 0 bridgehead atoms. The van der Waals surface area contributed by atoms with Gasteiger partial charge in [-0.2, -0.15) is 0 Å². The number of methoxy groups -OCH3 is 1. The van der Waals surface area contributed by atoms with Crippen molar-refractivity contribution in [3.63, 3.8) is 0 Å². The molecule has 0 heterocycles. The van der Waals surface area contributed by atoms with Crippen molar-refractivity contribution in [1.29, 1.82) is 0 Å². The van der Waals surface area contributed by atoms with Crippen LogP contribution in [0.3, 0.4) is 0 Å². The first-order valence-corrected chi connectivity index (χ1v) is 19.6. The quantitative estimate of drug-likeness (QED) is 0.0525. The molecule has 3 atom stereocenters. The molecular formula is C44H54O6Si. The average Bonchev–Trinajstić information content (AvgIpc) is 3.14. The molecule has 4 aromatic rings. The van der Waals surface area contributed by atoms with Crippen molar-refractivity contribution in [2.24, 2.45) is 0 Å². The molecule has 0 amide bonds. The van der Waals surface area contributed by atoms with Gasteiger partial charge in [0.25, 0.3) is 8.32 Å². The molecule has 7 heteroatoms. The van der Waals surface area contributed by atoms with E-state index in [4.69, 9.17) is 23.4 Å². The summed E-state index contributed by atoms with van der Waals surface area (Å²) in [5, 5.41) is 2.30. The Balaban J connectivity index is 1.55. The van der Waals surface area contributed by atoms with E-state index in [1.165, 1.54) is 10.4 Å². The van der Waals surface area contributed by atoms with Crippen molar-refractivity contribution >= 4 is 24.7 Å². The zero-order valence-corrected chi connectivity index (χ0v) is 31.8. The molecule has 51 heavy (non-hydrogen) atoms. The van der Waals surface area contributed by atoms with Gasteiger partial charge in [-0.25, -0.2) is 4.79 Å². The maximum absolute atomic E-state index is 12.8. The minimum atomic E-state index is -2.75. The molecule has 0 fully saturated rings. The molecule has 4 rings (SSSR count). The Morgan fingerprint density at radius 1 is 0.784 bits per heavy atom. The van der Waals surface area contributed by atoms with Gasteiger partial charge in [-0.15, -0.1) is 6.58 Å². The maximum atomic E-state index is 12.8. The zero-order valence-electron chi connectivity index (χ0n) is 30.8. The molecule has 0 saturated carbocycles. The van der Waals surface area contributed by atoms with Crippen molar-refractivity contribution in [3.8, 4) is 0 Å². The van der Waals surface area contributed by atoms with E-state index >= 15 is 0 Å². The Kier molecular flexibility index (Phi) is 15.6. The van der Waals surface area contributed by atoms with Gasteiger partial charge < -0.3 is 23.4 Å². The molecule has 0 aliphatic rings. The lowest BCUT2D eigenvalue weighted by molar-refractivity contribution is -0.153. The molecular weight excluding hydrogens is 653 g/mol. The fraction of sp³-hybridized carbons (Fsp3) is 0.341. The summed E-state index contributed by atoms with van der Waals surface area (Å²) in [5.74, 6) is -0.435. The monoisotopic (exact) mass is 706 g/mol. The molecule has 0 aliphatic carbocycles. The summed E-state index contributed by atoms with van der Waals surface area (Å²) in [5.41, 5.74) is 2.91. The van der Waals surface area contributed by atoms with Gasteiger partial charge in [-0.05, 0) is 45.5 Å². The van der Waals surface area contributed by atoms with Crippen LogP contribution < -0.4 is 10.4 Å². The Hall–Kier alpha value is -4.11. The van der Waals surface area contributed by atoms with E-state index < -0.39 is 26.5 Å². The lowest BCUT2D eigenvalue weighted by Crippen LogP contribution is -2.66. The number of benzene rings is 4. The lowest BCUT2D eigenvalue weighted by Gasteiger charge is -2.43. The highest BCUT2D eigenvalue weighted by atomic mass is 28.4. The van der Waals surface area contributed by atoms with Crippen molar-refractivity contribution in [2.75, 3.05) is 20.3 Å². The van der Waals surface area contributed by atoms with Gasteiger partial charge in [-0.3, -0.25) is 0 Å². The molecule has 0 unspecified atom stereocenters. The maximum Gasteiger partial charge on any atom is 0.332 e. The van der Waals surface area contributed by atoms with Crippen LogP contribution in [0.1, 0.15) is 51.7 Å². The minimum Gasteiger partial charge on any atom is -0.456 e. The van der Waals surface area contributed by atoms with Crippen LogP contribution in [-0.2, 0) is 41.4 Å². The zero-order chi connectivity index (χ0) is 36.5. The standard InChI is InChI=1S/C44H54O6Si/c1-7-20-40(50-43(45)34-47-32-36-21-12-8-13-22-36)35(2)31-42(46-6)41(48-33-37-23-14-9-15-24-37)29-30-49-51(44(3,4)5,38-25-16-10-17-26-38)39-27-18-11-19-28-39/h7-19,21-28,31,40-42H,1,20,29-30,32-34H2,2-6H3/b35-31+/t40-,41+,42-/m0/s1. The normalized spacial score (nSPS) is 14.0. The predicted molar refractivity (Wildman–Crippen MR) is 209 cm³/mol. The Morgan fingerprint density at radius 3 is 1.78 bits per heavy atom. The number of carbonyl (C=O) groups excluding carboxylic acids is 1. The third-order valence-electron chi connectivity index (χ3n) is 9.00. The minimum absolute atomic E-state index is 0.147. The Morgan fingerprint density at radius 2 is 1.29 bits per heavy atom. The molecule has 6 nitrogen and oxygen atoms in total. The van der Waals surface area contributed by atoms with E-state index in [-0.39, 0.29) is 17.7 Å². The molecule has 0 aliphatic heterocycles. The summed E-state index contributed by atoms with van der Waals surface area (Å²) >= 11 is 0. The molecule has 4 aromatic carbocycles. The molecule has 0 aromatic heterocycles.